The number of halogens is 1. The Kier molecular flexibility index (Phi) is 6.31. The van der Waals surface area contributed by atoms with Crippen LogP contribution in [0.5, 0.6) is 0 Å². The fraction of sp³-hybridized carbons (Fsp3) is 0.625. The van der Waals surface area contributed by atoms with Crippen molar-refractivity contribution in [3.8, 4) is 0 Å². The maximum atomic E-state index is 6.05. The normalized spacial score (nSPS) is 27.1. The lowest BCUT2D eigenvalue weighted by molar-refractivity contribution is -0.0951. The largest absolute Gasteiger partial charge is 0.373 e. The lowest BCUT2D eigenvalue weighted by atomic mass is 9.71. The van der Waals surface area contributed by atoms with Gasteiger partial charge < -0.3 is 9.64 Å². The highest BCUT2D eigenvalue weighted by Gasteiger charge is 2.42. The summed E-state index contributed by atoms with van der Waals surface area (Å²) >= 11 is 0. The number of ether oxygens (including phenoxy) is 1. The van der Waals surface area contributed by atoms with Gasteiger partial charge in [-0.05, 0) is 32.5 Å². The summed E-state index contributed by atoms with van der Waals surface area (Å²) in [7, 11) is 6.18. The number of hydrogen-bond donors (Lipinski definition) is 0. The lowest BCUT2D eigenvalue weighted by Crippen LogP contribution is -2.44. The molecule has 2 rings (SSSR count). The van der Waals surface area contributed by atoms with Crippen LogP contribution < -0.4 is 0 Å². The molecule has 2 unspecified atom stereocenters. The molecule has 19 heavy (non-hydrogen) atoms. The van der Waals surface area contributed by atoms with E-state index in [-0.39, 0.29) is 18.0 Å². The first kappa shape index (κ1) is 16.5. The van der Waals surface area contributed by atoms with Crippen molar-refractivity contribution in [3.05, 3.63) is 35.9 Å². The highest BCUT2D eigenvalue weighted by Crippen LogP contribution is 2.44. The molecule has 1 aromatic carbocycles. The SMILES string of the molecule is COC1(c2ccccc2)CCCCC1CN(C)C.Cl. The van der Waals surface area contributed by atoms with Gasteiger partial charge in [-0.3, -0.25) is 0 Å². The van der Waals surface area contributed by atoms with E-state index in [4.69, 9.17) is 4.74 Å². The van der Waals surface area contributed by atoms with Crippen molar-refractivity contribution in [2.45, 2.75) is 31.3 Å². The van der Waals surface area contributed by atoms with E-state index < -0.39 is 0 Å². The van der Waals surface area contributed by atoms with Crippen molar-refractivity contribution in [2.75, 3.05) is 27.7 Å². The lowest BCUT2D eigenvalue weighted by Gasteiger charge is -2.44. The summed E-state index contributed by atoms with van der Waals surface area (Å²) in [6.45, 7) is 1.10. The third kappa shape index (κ3) is 3.50. The van der Waals surface area contributed by atoms with Gasteiger partial charge in [-0.2, -0.15) is 0 Å². The van der Waals surface area contributed by atoms with Gasteiger partial charge in [0.1, 0.15) is 0 Å². The molecule has 3 heteroatoms. The number of benzene rings is 1. The van der Waals surface area contributed by atoms with Gasteiger partial charge >= 0.3 is 0 Å². The van der Waals surface area contributed by atoms with E-state index in [1.54, 1.807) is 0 Å². The predicted molar refractivity (Wildman–Crippen MR) is 82.9 cm³/mol. The summed E-state index contributed by atoms with van der Waals surface area (Å²) in [6, 6.07) is 10.8. The van der Waals surface area contributed by atoms with Gasteiger partial charge in [-0.1, -0.05) is 43.2 Å². The summed E-state index contributed by atoms with van der Waals surface area (Å²) in [4.78, 5) is 2.28. The molecule has 0 saturated heterocycles. The molecule has 108 valence electrons. The Morgan fingerprint density at radius 1 is 1.21 bits per heavy atom. The van der Waals surface area contributed by atoms with Crippen LogP contribution in [-0.2, 0) is 10.3 Å². The molecule has 2 atom stereocenters. The minimum absolute atomic E-state index is 0. The zero-order chi connectivity index (χ0) is 13.0. The molecule has 1 saturated carbocycles. The minimum atomic E-state index is -0.0796. The van der Waals surface area contributed by atoms with Crippen LogP contribution in [0.3, 0.4) is 0 Å². The zero-order valence-corrected chi connectivity index (χ0v) is 13.1. The quantitative estimate of drug-likeness (QED) is 0.835. The Labute approximate surface area is 123 Å². The highest BCUT2D eigenvalue weighted by atomic mass is 35.5. The van der Waals surface area contributed by atoms with Crippen LogP contribution in [-0.4, -0.2) is 32.6 Å². The molecule has 1 aromatic rings. The molecular weight excluding hydrogens is 258 g/mol. The summed E-state index contributed by atoms with van der Waals surface area (Å²) in [5, 5.41) is 0. The predicted octanol–water partition coefficient (Wildman–Crippen LogP) is 3.70. The topological polar surface area (TPSA) is 12.5 Å². The molecule has 0 aromatic heterocycles. The molecule has 0 amide bonds. The second-order valence-electron chi connectivity index (χ2n) is 5.66. The molecule has 0 radical (unpaired) electrons. The van der Waals surface area contributed by atoms with E-state index in [9.17, 15) is 0 Å². The van der Waals surface area contributed by atoms with E-state index in [0.717, 1.165) is 13.0 Å². The van der Waals surface area contributed by atoms with E-state index in [1.807, 2.05) is 7.11 Å². The van der Waals surface area contributed by atoms with Crippen molar-refractivity contribution in [2.24, 2.45) is 5.92 Å². The molecule has 0 N–H and O–H groups in total. The molecule has 1 fully saturated rings. The molecule has 0 aliphatic heterocycles. The number of rotatable bonds is 4. The highest BCUT2D eigenvalue weighted by molar-refractivity contribution is 5.85. The minimum Gasteiger partial charge on any atom is -0.373 e. The molecule has 0 bridgehead atoms. The van der Waals surface area contributed by atoms with Crippen LogP contribution in [0, 0.1) is 5.92 Å². The fourth-order valence-electron chi connectivity index (χ4n) is 3.38. The van der Waals surface area contributed by atoms with E-state index in [2.05, 4.69) is 49.3 Å². The van der Waals surface area contributed by atoms with Crippen LogP contribution in [0.4, 0.5) is 0 Å². The molecule has 0 spiro atoms. The molecule has 0 heterocycles. The van der Waals surface area contributed by atoms with Gasteiger partial charge in [0.15, 0.2) is 0 Å². The van der Waals surface area contributed by atoms with Gasteiger partial charge in [0.25, 0.3) is 0 Å². The van der Waals surface area contributed by atoms with Crippen molar-refractivity contribution in [1.82, 2.24) is 4.90 Å². The second-order valence-corrected chi connectivity index (χ2v) is 5.66. The third-order valence-corrected chi connectivity index (χ3v) is 4.22. The van der Waals surface area contributed by atoms with Crippen molar-refractivity contribution < 1.29 is 4.74 Å². The monoisotopic (exact) mass is 283 g/mol. The molecule has 2 nitrogen and oxygen atoms in total. The first-order chi connectivity index (χ1) is 8.69. The first-order valence-electron chi connectivity index (χ1n) is 6.94. The number of nitrogens with zero attached hydrogens (tertiary/aromatic N) is 1. The Morgan fingerprint density at radius 3 is 2.47 bits per heavy atom. The van der Waals surface area contributed by atoms with Gasteiger partial charge in [0.2, 0.25) is 0 Å². The van der Waals surface area contributed by atoms with E-state index >= 15 is 0 Å². The first-order valence-corrected chi connectivity index (χ1v) is 6.94. The second kappa shape index (κ2) is 7.28. The Bertz CT molecular complexity index is 368. The number of hydrogen-bond acceptors (Lipinski definition) is 2. The van der Waals surface area contributed by atoms with Gasteiger partial charge in [-0.15, -0.1) is 12.4 Å². The van der Waals surface area contributed by atoms with Gasteiger partial charge in [0.05, 0.1) is 5.60 Å². The Hall–Kier alpha value is -0.570. The van der Waals surface area contributed by atoms with Crippen molar-refractivity contribution >= 4 is 12.4 Å². The van der Waals surface area contributed by atoms with Gasteiger partial charge in [0, 0.05) is 19.6 Å². The Morgan fingerprint density at radius 2 is 1.89 bits per heavy atom. The van der Waals surface area contributed by atoms with Crippen molar-refractivity contribution in [3.63, 3.8) is 0 Å². The van der Waals surface area contributed by atoms with Crippen LogP contribution in [0.25, 0.3) is 0 Å². The summed E-state index contributed by atoms with van der Waals surface area (Å²) in [5.74, 6) is 0.591. The molecule has 1 aliphatic rings. The molecular formula is C16H26ClNO. The van der Waals surface area contributed by atoms with Crippen molar-refractivity contribution in [1.29, 1.82) is 0 Å². The van der Waals surface area contributed by atoms with Crippen LogP contribution in [0.1, 0.15) is 31.2 Å². The van der Waals surface area contributed by atoms with Gasteiger partial charge in [-0.25, -0.2) is 0 Å². The van der Waals surface area contributed by atoms with Crippen LogP contribution >= 0.6 is 12.4 Å². The van der Waals surface area contributed by atoms with Crippen LogP contribution in [0.15, 0.2) is 30.3 Å². The summed E-state index contributed by atoms with van der Waals surface area (Å²) < 4.78 is 6.05. The van der Waals surface area contributed by atoms with Crippen LogP contribution in [0.2, 0.25) is 0 Å². The number of methoxy groups -OCH3 is 1. The van der Waals surface area contributed by atoms with E-state index in [0.29, 0.717) is 5.92 Å². The standard InChI is InChI=1S/C16H25NO.ClH/c1-17(2)13-15-11-7-8-12-16(15,18-3)14-9-5-4-6-10-14;/h4-6,9-10,15H,7-8,11-13H2,1-3H3;1H. The third-order valence-electron chi connectivity index (χ3n) is 4.22. The fourth-order valence-corrected chi connectivity index (χ4v) is 3.38. The van der Waals surface area contributed by atoms with E-state index in [1.165, 1.54) is 24.8 Å². The maximum Gasteiger partial charge on any atom is 0.0967 e. The Balaban J connectivity index is 0.00000180. The smallest absolute Gasteiger partial charge is 0.0967 e. The summed E-state index contributed by atoms with van der Waals surface area (Å²) in [5.41, 5.74) is 1.27. The summed E-state index contributed by atoms with van der Waals surface area (Å²) in [6.07, 6.45) is 5.01. The molecule has 1 aliphatic carbocycles. The average molecular weight is 284 g/mol. The maximum absolute atomic E-state index is 6.05. The zero-order valence-electron chi connectivity index (χ0n) is 12.3. The average Bonchev–Trinajstić information content (AvgIpc) is 2.40.